The van der Waals surface area contributed by atoms with Crippen LogP contribution in [0.15, 0.2) is 53.8 Å². The molecule has 3 N–H and O–H groups in total. The zero-order chi connectivity index (χ0) is 27.9. The van der Waals surface area contributed by atoms with Crippen LogP contribution in [0.25, 0.3) is 22.4 Å². The average Bonchev–Trinajstić information content (AvgIpc) is 3.24. The van der Waals surface area contributed by atoms with Gasteiger partial charge in [-0.15, -0.1) is 0 Å². The second kappa shape index (κ2) is 10.6. The smallest absolute Gasteiger partial charge is 0.319 e. The van der Waals surface area contributed by atoms with Gasteiger partial charge in [0.25, 0.3) is 10.0 Å². The highest BCUT2D eigenvalue weighted by Crippen LogP contribution is 2.38. The van der Waals surface area contributed by atoms with E-state index in [9.17, 15) is 22.5 Å². The molecule has 3 aromatic heterocycles. The molecule has 1 aromatic carbocycles. The van der Waals surface area contributed by atoms with Gasteiger partial charge in [-0.05, 0) is 38.0 Å². The van der Waals surface area contributed by atoms with E-state index in [1.165, 1.54) is 30.6 Å². The van der Waals surface area contributed by atoms with Crippen LogP contribution >= 0.6 is 19.9 Å². The Labute approximate surface area is 228 Å². The van der Waals surface area contributed by atoms with Crippen molar-refractivity contribution in [2.24, 2.45) is 0 Å². The van der Waals surface area contributed by atoms with Crippen LogP contribution in [-0.2, 0) is 19.1 Å². The van der Waals surface area contributed by atoms with E-state index in [-0.39, 0.29) is 45.6 Å². The predicted octanol–water partition coefficient (Wildman–Crippen LogP) is 4.27. The SMILES string of the molecule is Cc1ccc(S(=O)(=O)n2cc(-c3ncc(F)c(N[C@H]4CCC[C@](O)(O[PH](=O)O)C4)n3)c3cc(Cl)cnc32)cc1. The molecule has 3 heterocycles. The second-order valence-electron chi connectivity index (χ2n) is 9.32. The lowest BCUT2D eigenvalue weighted by molar-refractivity contribution is -0.161. The van der Waals surface area contributed by atoms with Crippen molar-refractivity contribution in [3.05, 3.63) is 65.3 Å². The maximum Gasteiger partial charge on any atom is 0.319 e. The lowest BCUT2D eigenvalue weighted by Gasteiger charge is -2.35. The van der Waals surface area contributed by atoms with Gasteiger partial charge in [0.2, 0.25) is 0 Å². The molecule has 0 aliphatic heterocycles. The Hall–Kier alpha value is -2.93. The maximum absolute atomic E-state index is 14.8. The van der Waals surface area contributed by atoms with Crippen LogP contribution in [-0.4, -0.2) is 49.2 Å². The molecule has 5 rings (SSSR count). The molecule has 1 aliphatic carbocycles. The van der Waals surface area contributed by atoms with Crippen LogP contribution in [0.3, 0.4) is 0 Å². The Morgan fingerprint density at radius 3 is 2.72 bits per heavy atom. The number of aryl methyl sites for hydroxylation is 1. The van der Waals surface area contributed by atoms with Crippen molar-refractivity contribution in [2.75, 3.05) is 5.32 Å². The summed E-state index contributed by atoms with van der Waals surface area (Å²) in [5, 5.41) is 14.0. The first-order valence-corrected chi connectivity index (χ1v) is 15.0. The van der Waals surface area contributed by atoms with Crippen molar-refractivity contribution < 1.29 is 31.9 Å². The first-order chi connectivity index (χ1) is 18.4. The van der Waals surface area contributed by atoms with Crippen LogP contribution in [0.5, 0.6) is 0 Å². The lowest BCUT2D eigenvalue weighted by Crippen LogP contribution is -2.41. The number of hydrogen-bond donors (Lipinski definition) is 3. The molecule has 1 aliphatic rings. The number of benzene rings is 1. The molecule has 4 aromatic rings. The number of rotatable bonds is 7. The largest absolute Gasteiger partial charge is 0.365 e. The van der Waals surface area contributed by atoms with Gasteiger partial charge in [-0.25, -0.2) is 31.7 Å². The fourth-order valence-electron chi connectivity index (χ4n) is 4.62. The number of aromatic nitrogens is 4. The highest BCUT2D eigenvalue weighted by atomic mass is 35.5. The number of nitrogens with zero attached hydrogens (tertiary/aromatic N) is 4. The highest BCUT2D eigenvalue weighted by Gasteiger charge is 2.37. The van der Waals surface area contributed by atoms with Crippen molar-refractivity contribution >= 4 is 46.7 Å². The molecule has 0 radical (unpaired) electrons. The van der Waals surface area contributed by atoms with Gasteiger partial charge in [0.05, 0.1) is 16.1 Å². The van der Waals surface area contributed by atoms with Crippen LogP contribution in [0.2, 0.25) is 5.02 Å². The van der Waals surface area contributed by atoms with Crippen LogP contribution < -0.4 is 5.32 Å². The summed E-state index contributed by atoms with van der Waals surface area (Å²) >= 11 is 6.18. The van der Waals surface area contributed by atoms with Gasteiger partial charge < -0.3 is 15.3 Å². The fourth-order valence-corrected chi connectivity index (χ4v) is 6.62. The summed E-state index contributed by atoms with van der Waals surface area (Å²) in [5.41, 5.74) is 1.23. The number of nitrogens with one attached hydrogen (secondary N) is 1. The van der Waals surface area contributed by atoms with E-state index >= 15 is 0 Å². The molecule has 0 spiro atoms. The minimum Gasteiger partial charge on any atom is -0.365 e. The van der Waals surface area contributed by atoms with Crippen molar-refractivity contribution in [3.63, 3.8) is 0 Å². The standard InChI is InChI=1S/C24H24ClFN5O6PS/c1-14-4-6-17(7-5-14)39(35,36)31-13-19(18-9-15(25)11-28-23(18)31)21-27-12-20(26)22(30-21)29-16-3-2-8-24(32,10-16)37-38(33)34/h4-7,9,11-13,16,32,38H,2-3,8,10H2,1H3,(H,33,34)(H,27,29,30)/t16-,24-/m0/s1. The fraction of sp³-hybridized carbons (Fsp3) is 0.292. The van der Waals surface area contributed by atoms with Crippen LogP contribution in [0.1, 0.15) is 31.2 Å². The summed E-state index contributed by atoms with van der Waals surface area (Å²) in [5.74, 6) is -2.79. The summed E-state index contributed by atoms with van der Waals surface area (Å²) in [6, 6.07) is 7.34. The molecule has 39 heavy (non-hydrogen) atoms. The molecule has 206 valence electrons. The van der Waals surface area contributed by atoms with Gasteiger partial charge in [0.15, 0.2) is 28.9 Å². The monoisotopic (exact) mass is 595 g/mol. The third-order valence-corrected chi connectivity index (χ3v) is 8.87. The first-order valence-electron chi connectivity index (χ1n) is 11.9. The van der Waals surface area contributed by atoms with Crippen LogP contribution in [0.4, 0.5) is 10.2 Å². The summed E-state index contributed by atoms with van der Waals surface area (Å²) in [6.07, 6.45) is 4.63. The number of fused-ring (bicyclic) bond motifs is 1. The zero-order valence-corrected chi connectivity index (χ0v) is 23.1. The number of halogens is 2. The van der Waals surface area contributed by atoms with Crippen molar-refractivity contribution in [1.82, 2.24) is 18.9 Å². The van der Waals surface area contributed by atoms with Crippen molar-refractivity contribution in [2.45, 2.75) is 49.3 Å². The van der Waals surface area contributed by atoms with Gasteiger partial charge in [-0.2, -0.15) is 0 Å². The topological polar surface area (TPSA) is 157 Å². The number of hydrogen-bond acceptors (Lipinski definition) is 9. The highest BCUT2D eigenvalue weighted by molar-refractivity contribution is 7.90. The van der Waals surface area contributed by atoms with E-state index in [0.29, 0.717) is 18.2 Å². The van der Waals surface area contributed by atoms with E-state index in [4.69, 9.17) is 21.0 Å². The Morgan fingerprint density at radius 1 is 1.26 bits per heavy atom. The summed E-state index contributed by atoms with van der Waals surface area (Å²) in [4.78, 5) is 21.8. The minimum absolute atomic E-state index is 0.00792. The maximum atomic E-state index is 14.8. The van der Waals surface area contributed by atoms with E-state index in [1.807, 2.05) is 6.92 Å². The summed E-state index contributed by atoms with van der Waals surface area (Å²) in [6.45, 7) is 1.84. The molecule has 11 nitrogen and oxygen atoms in total. The molecule has 0 bridgehead atoms. The molecular weight excluding hydrogens is 572 g/mol. The third-order valence-electron chi connectivity index (χ3n) is 6.44. The lowest BCUT2D eigenvalue weighted by atomic mass is 9.90. The number of anilines is 1. The predicted molar refractivity (Wildman–Crippen MR) is 143 cm³/mol. The molecule has 0 amide bonds. The Kier molecular flexibility index (Phi) is 7.49. The quantitative estimate of drug-likeness (QED) is 0.208. The first kappa shape index (κ1) is 27.6. The molecule has 1 fully saturated rings. The van der Waals surface area contributed by atoms with Gasteiger partial charge >= 0.3 is 8.25 Å². The number of aliphatic hydroxyl groups is 1. The molecule has 0 saturated heterocycles. The minimum atomic E-state index is -4.07. The number of pyridine rings is 1. The van der Waals surface area contributed by atoms with E-state index < -0.39 is 35.9 Å². The van der Waals surface area contributed by atoms with Gasteiger partial charge in [0.1, 0.15) is 0 Å². The average molecular weight is 596 g/mol. The summed E-state index contributed by atoms with van der Waals surface area (Å²) in [7, 11) is -7.45. The van der Waals surface area contributed by atoms with Gasteiger partial charge in [-0.3, -0.25) is 9.09 Å². The Bertz CT molecular complexity index is 1690. The van der Waals surface area contributed by atoms with E-state index in [1.54, 1.807) is 12.1 Å². The molecule has 1 saturated carbocycles. The molecular formula is C24H24ClFN5O6PS. The Morgan fingerprint density at radius 2 is 2.00 bits per heavy atom. The van der Waals surface area contributed by atoms with Crippen molar-refractivity contribution in [3.8, 4) is 11.4 Å². The van der Waals surface area contributed by atoms with Crippen molar-refractivity contribution in [1.29, 1.82) is 0 Å². The van der Waals surface area contributed by atoms with E-state index in [0.717, 1.165) is 15.7 Å². The molecule has 3 atom stereocenters. The summed E-state index contributed by atoms with van der Waals surface area (Å²) < 4.78 is 58.8. The normalized spacial score (nSPS) is 20.7. The van der Waals surface area contributed by atoms with Gasteiger partial charge in [-0.1, -0.05) is 29.3 Å². The zero-order valence-electron chi connectivity index (χ0n) is 20.5. The molecule has 1 unspecified atom stereocenters. The second-order valence-corrected chi connectivity index (χ2v) is 12.3. The van der Waals surface area contributed by atoms with Crippen LogP contribution in [0, 0.1) is 12.7 Å². The van der Waals surface area contributed by atoms with Gasteiger partial charge in [0, 0.05) is 42.2 Å². The molecule has 15 heteroatoms. The Balaban J connectivity index is 1.54. The van der Waals surface area contributed by atoms with E-state index in [2.05, 4.69) is 20.3 Å². The third kappa shape index (κ3) is 5.69.